The maximum absolute atomic E-state index is 9.95. The summed E-state index contributed by atoms with van der Waals surface area (Å²) in [6.45, 7) is 5.20. The zero-order chi connectivity index (χ0) is 21.8. The number of morpholine rings is 1. The zero-order valence-electron chi connectivity index (χ0n) is 18.3. The average molecular weight is 428 g/mol. The molecule has 0 saturated carbocycles. The summed E-state index contributed by atoms with van der Waals surface area (Å²) in [5.74, 6) is 1.21. The standard InChI is InChI=1S/C28H29NO3/c30-24-6-3-4-21(18-24)19-28-26-7-2-1-5-22(26)8-9-23-20-25(10-11-27(23)28)32-17-14-29-12-15-31-16-13-29/h1-7,10-11,18-20,30H,8-9,12-17H2. The highest BCUT2D eigenvalue weighted by Crippen LogP contribution is 2.36. The van der Waals surface area contributed by atoms with Crippen LogP contribution in [0, 0.1) is 0 Å². The number of benzene rings is 3. The number of nitrogens with zero attached hydrogens (tertiary/aromatic N) is 1. The van der Waals surface area contributed by atoms with Gasteiger partial charge in [0.1, 0.15) is 18.1 Å². The van der Waals surface area contributed by atoms with Gasteiger partial charge in [-0.1, -0.05) is 42.5 Å². The maximum atomic E-state index is 9.95. The van der Waals surface area contributed by atoms with Crippen molar-refractivity contribution in [3.05, 3.63) is 94.5 Å². The SMILES string of the molecule is Oc1cccc(C=C2c3ccccc3CCc3cc(OCCN4CCOCC4)ccc32)c1. The molecule has 1 fully saturated rings. The molecule has 1 aliphatic heterocycles. The number of ether oxygens (including phenoxy) is 2. The Morgan fingerprint density at radius 2 is 1.69 bits per heavy atom. The highest BCUT2D eigenvalue weighted by atomic mass is 16.5. The Labute approximate surface area is 189 Å². The fourth-order valence-electron chi connectivity index (χ4n) is 4.60. The molecular formula is C28H29NO3. The largest absolute Gasteiger partial charge is 0.508 e. The number of aryl methyl sites for hydroxylation is 2. The van der Waals surface area contributed by atoms with E-state index in [1.165, 1.54) is 27.8 Å². The highest BCUT2D eigenvalue weighted by Gasteiger charge is 2.19. The molecule has 5 rings (SSSR count). The van der Waals surface area contributed by atoms with E-state index in [9.17, 15) is 5.11 Å². The molecule has 0 unspecified atom stereocenters. The lowest BCUT2D eigenvalue weighted by Gasteiger charge is -2.26. The predicted octanol–water partition coefficient (Wildman–Crippen LogP) is 4.79. The van der Waals surface area contributed by atoms with Crippen LogP contribution >= 0.6 is 0 Å². The summed E-state index contributed by atoms with van der Waals surface area (Å²) in [6, 6.07) is 22.5. The molecule has 0 atom stereocenters. The molecule has 1 heterocycles. The van der Waals surface area contributed by atoms with Crippen molar-refractivity contribution in [1.29, 1.82) is 0 Å². The third kappa shape index (κ3) is 4.72. The van der Waals surface area contributed by atoms with Crippen LogP contribution in [0.4, 0.5) is 0 Å². The molecule has 2 aliphatic rings. The molecule has 1 aliphatic carbocycles. The number of phenols is 1. The molecule has 1 saturated heterocycles. The summed E-state index contributed by atoms with van der Waals surface area (Å²) in [4.78, 5) is 2.39. The van der Waals surface area contributed by atoms with Crippen LogP contribution in [0.5, 0.6) is 11.5 Å². The van der Waals surface area contributed by atoms with E-state index in [1.807, 2.05) is 18.2 Å². The van der Waals surface area contributed by atoms with Crippen molar-refractivity contribution in [2.75, 3.05) is 39.5 Å². The predicted molar refractivity (Wildman–Crippen MR) is 128 cm³/mol. The fraction of sp³-hybridized carbons (Fsp3) is 0.286. The van der Waals surface area contributed by atoms with E-state index in [1.54, 1.807) is 6.07 Å². The average Bonchev–Trinajstić information content (AvgIpc) is 2.97. The number of hydrogen-bond acceptors (Lipinski definition) is 4. The van der Waals surface area contributed by atoms with Gasteiger partial charge in [-0.3, -0.25) is 4.90 Å². The quantitative estimate of drug-likeness (QED) is 0.636. The van der Waals surface area contributed by atoms with E-state index in [2.05, 4.69) is 53.4 Å². The minimum atomic E-state index is 0.283. The lowest BCUT2D eigenvalue weighted by atomic mass is 9.92. The van der Waals surface area contributed by atoms with Gasteiger partial charge in [-0.05, 0) is 76.6 Å². The minimum Gasteiger partial charge on any atom is -0.508 e. The van der Waals surface area contributed by atoms with Crippen molar-refractivity contribution < 1.29 is 14.6 Å². The first kappa shape index (κ1) is 20.8. The van der Waals surface area contributed by atoms with Crippen molar-refractivity contribution in [3.8, 4) is 11.5 Å². The Balaban J connectivity index is 1.43. The second kappa shape index (κ2) is 9.60. The summed E-state index contributed by atoms with van der Waals surface area (Å²) in [5.41, 5.74) is 7.34. The van der Waals surface area contributed by atoms with Crippen LogP contribution in [0.25, 0.3) is 11.6 Å². The lowest BCUT2D eigenvalue weighted by Crippen LogP contribution is -2.38. The number of rotatable bonds is 5. The third-order valence-electron chi connectivity index (χ3n) is 6.30. The van der Waals surface area contributed by atoms with E-state index >= 15 is 0 Å². The van der Waals surface area contributed by atoms with E-state index in [4.69, 9.17) is 9.47 Å². The summed E-state index contributed by atoms with van der Waals surface area (Å²) >= 11 is 0. The molecule has 32 heavy (non-hydrogen) atoms. The molecule has 164 valence electrons. The molecule has 3 aromatic carbocycles. The first-order valence-corrected chi connectivity index (χ1v) is 11.4. The van der Waals surface area contributed by atoms with Crippen LogP contribution in [0.1, 0.15) is 27.8 Å². The fourth-order valence-corrected chi connectivity index (χ4v) is 4.60. The van der Waals surface area contributed by atoms with Crippen molar-refractivity contribution in [1.82, 2.24) is 4.90 Å². The van der Waals surface area contributed by atoms with E-state index in [0.717, 1.165) is 57.0 Å². The number of aromatic hydroxyl groups is 1. The van der Waals surface area contributed by atoms with Crippen molar-refractivity contribution in [2.45, 2.75) is 12.8 Å². The Bertz CT molecular complexity index is 1120. The van der Waals surface area contributed by atoms with Crippen LogP contribution in [-0.2, 0) is 17.6 Å². The molecule has 0 spiro atoms. The summed E-state index contributed by atoms with van der Waals surface area (Å²) in [6.07, 6.45) is 4.16. The first-order valence-electron chi connectivity index (χ1n) is 11.4. The van der Waals surface area contributed by atoms with Gasteiger partial charge in [0.25, 0.3) is 0 Å². The molecule has 4 heteroatoms. The summed E-state index contributed by atoms with van der Waals surface area (Å²) in [5, 5.41) is 9.95. The molecule has 0 amide bonds. The van der Waals surface area contributed by atoms with Crippen LogP contribution in [0.15, 0.2) is 66.7 Å². The van der Waals surface area contributed by atoms with Gasteiger partial charge < -0.3 is 14.6 Å². The minimum absolute atomic E-state index is 0.283. The normalized spacial score (nSPS) is 17.4. The molecule has 0 aromatic heterocycles. The van der Waals surface area contributed by atoms with Crippen LogP contribution < -0.4 is 4.74 Å². The highest BCUT2D eigenvalue weighted by molar-refractivity contribution is 5.94. The summed E-state index contributed by atoms with van der Waals surface area (Å²) < 4.78 is 11.5. The Morgan fingerprint density at radius 1 is 0.875 bits per heavy atom. The molecule has 3 aromatic rings. The Morgan fingerprint density at radius 3 is 2.56 bits per heavy atom. The van der Waals surface area contributed by atoms with Crippen molar-refractivity contribution in [3.63, 3.8) is 0 Å². The first-order chi connectivity index (χ1) is 15.8. The second-order valence-corrected chi connectivity index (χ2v) is 8.43. The van der Waals surface area contributed by atoms with Crippen molar-refractivity contribution >= 4 is 11.6 Å². The molecule has 0 bridgehead atoms. The van der Waals surface area contributed by atoms with Gasteiger partial charge in [-0.2, -0.15) is 0 Å². The van der Waals surface area contributed by atoms with Gasteiger partial charge in [0.15, 0.2) is 0 Å². The van der Waals surface area contributed by atoms with Crippen LogP contribution in [0.3, 0.4) is 0 Å². The molecule has 4 nitrogen and oxygen atoms in total. The smallest absolute Gasteiger partial charge is 0.119 e. The topological polar surface area (TPSA) is 41.9 Å². The Kier molecular flexibility index (Phi) is 6.24. The summed E-state index contributed by atoms with van der Waals surface area (Å²) in [7, 11) is 0. The van der Waals surface area contributed by atoms with Crippen molar-refractivity contribution in [2.24, 2.45) is 0 Å². The van der Waals surface area contributed by atoms with Crippen LogP contribution in [-0.4, -0.2) is 49.5 Å². The number of phenolic OH excluding ortho intramolecular Hbond substituents is 1. The third-order valence-corrected chi connectivity index (χ3v) is 6.30. The molecule has 1 N–H and O–H groups in total. The van der Waals surface area contributed by atoms with E-state index in [0.29, 0.717) is 6.61 Å². The van der Waals surface area contributed by atoms with Gasteiger partial charge in [0.2, 0.25) is 0 Å². The molecular weight excluding hydrogens is 398 g/mol. The Hall–Kier alpha value is -3.08. The number of hydrogen-bond donors (Lipinski definition) is 1. The number of fused-ring (bicyclic) bond motifs is 2. The zero-order valence-corrected chi connectivity index (χ0v) is 18.3. The van der Waals surface area contributed by atoms with Gasteiger partial charge in [-0.25, -0.2) is 0 Å². The van der Waals surface area contributed by atoms with Gasteiger partial charge in [-0.15, -0.1) is 0 Å². The van der Waals surface area contributed by atoms with E-state index in [-0.39, 0.29) is 5.75 Å². The van der Waals surface area contributed by atoms with Gasteiger partial charge >= 0.3 is 0 Å². The van der Waals surface area contributed by atoms with Gasteiger partial charge in [0, 0.05) is 19.6 Å². The lowest BCUT2D eigenvalue weighted by molar-refractivity contribution is 0.0322. The van der Waals surface area contributed by atoms with Crippen LogP contribution in [0.2, 0.25) is 0 Å². The monoisotopic (exact) mass is 427 g/mol. The maximum Gasteiger partial charge on any atom is 0.119 e. The second-order valence-electron chi connectivity index (χ2n) is 8.43. The van der Waals surface area contributed by atoms with Gasteiger partial charge in [0.05, 0.1) is 13.2 Å². The molecule has 0 radical (unpaired) electrons. The van der Waals surface area contributed by atoms with E-state index < -0.39 is 0 Å².